The number of carboxylic acids is 1. The average Bonchev–Trinajstić information content (AvgIpc) is 3.35. The Labute approximate surface area is 242 Å². The van der Waals surface area contributed by atoms with Gasteiger partial charge >= 0.3 is 12.1 Å². The number of nitrogens with two attached hydrogens (primary N) is 1. The summed E-state index contributed by atoms with van der Waals surface area (Å²) in [5, 5.41) is 12.4. The van der Waals surface area contributed by atoms with Gasteiger partial charge in [-0.25, -0.2) is 0 Å². The van der Waals surface area contributed by atoms with E-state index in [9.17, 15) is 23.1 Å². The Morgan fingerprint density at radius 1 is 1.12 bits per heavy atom. The average molecular weight is 585 g/mol. The zero-order chi connectivity index (χ0) is 30.1. The summed E-state index contributed by atoms with van der Waals surface area (Å²) in [6.07, 6.45) is -4.97. The topological polar surface area (TPSA) is 117 Å². The Hall–Kier alpha value is -3.90. The quantitative estimate of drug-likeness (QED) is 0.352. The van der Waals surface area contributed by atoms with Crippen molar-refractivity contribution in [2.45, 2.75) is 44.1 Å². The number of alkyl halides is 3. The first kappa shape index (κ1) is 29.6. The van der Waals surface area contributed by atoms with E-state index >= 15 is 0 Å². The van der Waals surface area contributed by atoms with Gasteiger partial charge in [0.15, 0.2) is 0 Å². The summed E-state index contributed by atoms with van der Waals surface area (Å²) in [4.78, 5) is 23.5. The molecule has 1 aromatic heterocycles. The monoisotopic (exact) mass is 584 g/mol. The molecule has 9 nitrogen and oxygen atoms in total. The van der Waals surface area contributed by atoms with Crippen LogP contribution >= 0.6 is 0 Å². The van der Waals surface area contributed by atoms with E-state index in [0.29, 0.717) is 31.9 Å². The van der Waals surface area contributed by atoms with Crippen molar-refractivity contribution in [1.82, 2.24) is 20.2 Å². The molecular formula is C30H35F3N6O3. The van der Waals surface area contributed by atoms with Crippen LogP contribution in [0.4, 0.5) is 24.9 Å². The van der Waals surface area contributed by atoms with Crippen LogP contribution in [0.3, 0.4) is 0 Å². The van der Waals surface area contributed by atoms with Crippen molar-refractivity contribution >= 4 is 17.7 Å². The Bertz CT molecular complexity index is 1390. The molecule has 0 aliphatic carbocycles. The van der Waals surface area contributed by atoms with Gasteiger partial charge in [0.1, 0.15) is 11.9 Å². The lowest BCUT2D eigenvalue weighted by molar-refractivity contribution is -0.198. The van der Waals surface area contributed by atoms with Crippen molar-refractivity contribution in [2.75, 3.05) is 44.4 Å². The lowest BCUT2D eigenvalue weighted by Crippen LogP contribution is -2.41. The molecule has 0 amide bonds. The highest BCUT2D eigenvalue weighted by atomic mass is 19.4. The molecule has 1 spiro atoms. The minimum atomic E-state index is -4.71. The van der Waals surface area contributed by atoms with Crippen molar-refractivity contribution in [2.24, 2.45) is 5.41 Å². The van der Waals surface area contributed by atoms with Gasteiger partial charge in [0.2, 0.25) is 17.9 Å². The SMILES string of the molecule is CN(C)Cc1ccc(-c2ccc([C@@H](Oc3cc(N4CCC5(CC4)CNC(C(=O)O)C5)nc(N)n3)C(F)(F)F)cc2)cc1. The molecule has 4 N–H and O–H groups in total. The second-order valence-corrected chi connectivity index (χ2v) is 11.5. The van der Waals surface area contributed by atoms with Gasteiger partial charge in [0, 0.05) is 37.8 Å². The number of ether oxygens (including phenoxy) is 1. The number of aliphatic carboxylic acids is 1. The molecule has 2 atom stereocenters. The third kappa shape index (κ3) is 6.76. The first-order chi connectivity index (χ1) is 19.9. The molecule has 0 radical (unpaired) electrons. The molecule has 3 heterocycles. The van der Waals surface area contributed by atoms with E-state index < -0.39 is 24.3 Å². The number of aromatic nitrogens is 2. The van der Waals surface area contributed by atoms with Gasteiger partial charge < -0.3 is 30.7 Å². The van der Waals surface area contributed by atoms with Crippen molar-refractivity contribution in [3.63, 3.8) is 0 Å². The molecule has 2 aromatic carbocycles. The second-order valence-electron chi connectivity index (χ2n) is 11.5. The van der Waals surface area contributed by atoms with Gasteiger partial charge in [-0.3, -0.25) is 4.79 Å². The molecular weight excluding hydrogens is 549 g/mol. The maximum Gasteiger partial charge on any atom is 0.429 e. The number of benzene rings is 2. The second kappa shape index (κ2) is 11.8. The summed E-state index contributed by atoms with van der Waals surface area (Å²) in [6, 6.07) is 14.8. The molecule has 0 bridgehead atoms. The van der Waals surface area contributed by atoms with Crippen LogP contribution in [0.1, 0.15) is 36.5 Å². The number of rotatable bonds is 8. The number of halogens is 3. The Morgan fingerprint density at radius 2 is 1.74 bits per heavy atom. The number of piperidine rings is 1. The van der Waals surface area contributed by atoms with Crippen molar-refractivity contribution < 1.29 is 27.8 Å². The number of nitrogens with zero attached hydrogens (tertiary/aromatic N) is 4. The van der Waals surface area contributed by atoms with Gasteiger partial charge in [0.05, 0.1) is 0 Å². The summed E-state index contributed by atoms with van der Waals surface area (Å²) in [6.45, 7) is 2.53. The Kier molecular flexibility index (Phi) is 8.29. The summed E-state index contributed by atoms with van der Waals surface area (Å²) >= 11 is 0. The van der Waals surface area contributed by atoms with Gasteiger partial charge in [-0.15, -0.1) is 0 Å². The number of nitrogens with one attached hydrogen (secondary N) is 1. The molecule has 1 unspecified atom stereocenters. The van der Waals surface area contributed by atoms with Crippen LogP contribution in [0, 0.1) is 5.41 Å². The van der Waals surface area contributed by atoms with Crippen LogP contribution in [0.25, 0.3) is 11.1 Å². The molecule has 3 aromatic rings. The van der Waals surface area contributed by atoms with E-state index in [1.54, 1.807) is 12.1 Å². The van der Waals surface area contributed by atoms with E-state index in [0.717, 1.165) is 36.1 Å². The molecule has 2 aliphatic rings. The van der Waals surface area contributed by atoms with Gasteiger partial charge in [-0.05, 0) is 55.5 Å². The fourth-order valence-electron chi connectivity index (χ4n) is 5.80. The van der Waals surface area contributed by atoms with E-state index in [1.807, 2.05) is 43.3 Å². The summed E-state index contributed by atoms with van der Waals surface area (Å²) in [5.41, 5.74) is 8.54. The van der Waals surface area contributed by atoms with Crippen molar-refractivity contribution in [3.05, 3.63) is 65.7 Å². The fourth-order valence-corrected chi connectivity index (χ4v) is 5.80. The van der Waals surface area contributed by atoms with Gasteiger partial charge in [0.25, 0.3) is 0 Å². The van der Waals surface area contributed by atoms with Crippen LogP contribution in [0.15, 0.2) is 54.6 Å². The highest BCUT2D eigenvalue weighted by Crippen LogP contribution is 2.41. The fraction of sp³-hybridized carbons (Fsp3) is 0.433. The van der Waals surface area contributed by atoms with Crippen LogP contribution in [-0.4, -0.2) is 71.9 Å². The predicted octanol–water partition coefficient (Wildman–Crippen LogP) is 4.50. The third-order valence-electron chi connectivity index (χ3n) is 8.05. The summed E-state index contributed by atoms with van der Waals surface area (Å²) in [5.74, 6) is -0.940. The van der Waals surface area contributed by atoms with Crippen LogP contribution in [0.5, 0.6) is 5.88 Å². The molecule has 0 saturated carbocycles. The number of hydrogen-bond acceptors (Lipinski definition) is 8. The van der Waals surface area contributed by atoms with E-state index in [4.69, 9.17) is 10.5 Å². The van der Waals surface area contributed by atoms with Crippen molar-refractivity contribution in [3.8, 4) is 17.0 Å². The van der Waals surface area contributed by atoms with Crippen molar-refractivity contribution in [1.29, 1.82) is 0 Å². The smallest absolute Gasteiger partial charge is 0.429 e. The minimum absolute atomic E-state index is 0.0594. The lowest BCUT2D eigenvalue weighted by atomic mass is 9.76. The number of anilines is 2. The Balaban J connectivity index is 1.30. The summed E-state index contributed by atoms with van der Waals surface area (Å²) < 4.78 is 48.1. The molecule has 12 heteroatoms. The molecule has 2 fully saturated rings. The number of carboxylic acid groups (broad SMARTS) is 1. The Morgan fingerprint density at radius 3 is 2.29 bits per heavy atom. The van der Waals surface area contributed by atoms with E-state index in [-0.39, 0.29) is 22.8 Å². The predicted molar refractivity (Wildman–Crippen MR) is 153 cm³/mol. The van der Waals surface area contributed by atoms with Crippen LogP contribution in [0.2, 0.25) is 0 Å². The number of nitrogen functional groups attached to an aromatic ring is 1. The van der Waals surface area contributed by atoms with Crippen LogP contribution in [-0.2, 0) is 11.3 Å². The van der Waals surface area contributed by atoms with E-state index in [2.05, 4.69) is 20.2 Å². The highest BCUT2D eigenvalue weighted by Gasteiger charge is 2.45. The first-order valence-corrected chi connectivity index (χ1v) is 13.8. The normalized spacial score (nSPS) is 19.3. The van der Waals surface area contributed by atoms with E-state index in [1.165, 1.54) is 18.2 Å². The lowest BCUT2D eigenvalue weighted by Gasteiger charge is -2.39. The zero-order valence-electron chi connectivity index (χ0n) is 23.6. The third-order valence-corrected chi connectivity index (χ3v) is 8.05. The molecule has 2 saturated heterocycles. The number of carbonyl (C=O) groups is 1. The maximum atomic E-state index is 14.2. The maximum absolute atomic E-state index is 14.2. The van der Waals surface area contributed by atoms with Gasteiger partial charge in [-0.2, -0.15) is 23.1 Å². The minimum Gasteiger partial charge on any atom is -0.480 e. The molecule has 42 heavy (non-hydrogen) atoms. The van der Waals surface area contributed by atoms with Gasteiger partial charge in [-0.1, -0.05) is 48.5 Å². The molecule has 5 rings (SSSR count). The summed E-state index contributed by atoms with van der Waals surface area (Å²) in [7, 11) is 3.97. The standard InChI is InChI=1S/C30H35F3N6O3/c1-38(2)17-19-3-5-20(6-4-19)21-7-9-22(10-8-21)26(30(31,32)33)42-25-15-24(36-28(34)37-25)39-13-11-29(12-14-39)16-23(27(40)41)35-18-29/h3-10,15,23,26,35H,11-14,16-18H2,1-2H3,(H,40,41)(H2,34,36,37)/t23?,26-/m1/s1. The largest absolute Gasteiger partial charge is 0.480 e. The molecule has 2 aliphatic heterocycles. The zero-order valence-corrected chi connectivity index (χ0v) is 23.6. The molecule has 224 valence electrons. The van der Waals surface area contributed by atoms with Crippen LogP contribution < -0.4 is 20.7 Å². The first-order valence-electron chi connectivity index (χ1n) is 13.8. The number of hydrogen-bond donors (Lipinski definition) is 3. The highest BCUT2D eigenvalue weighted by molar-refractivity contribution is 5.74.